The Bertz CT molecular complexity index is 956. The highest BCUT2D eigenvalue weighted by Crippen LogP contribution is 2.86. The second kappa shape index (κ2) is 7.65. The topological polar surface area (TPSA) is 70.6 Å². The minimum atomic E-state index is -4.67. The molecule has 182 valence electrons. The summed E-state index contributed by atoms with van der Waals surface area (Å²) in [6.07, 6.45) is -0.400. The van der Waals surface area contributed by atoms with Crippen molar-refractivity contribution in [2.24, 2.45) is 16.7 Å². The molecule has 5 nitrogen and oxygen atoms in total. The fourth-order valence-corrected chi connectivity index (χ4v) is 7.31. The predicted octanol–water partition coefficient (Wildman–Crippen LogP) is 3.54. The number of hydrogen-bond donors (Lipinski definition) is 3. The van der Waals surface area contributed by atoms with Crippen molar-refractivity contribution in [2.45, 2.75) is 75.9 Å². The number of ether oxygens (including phenoxy) is 1. The number of hydrogen-bond acceptors (Lipinski definition) is 4. The summed E-state index contributed by atoms with van der Waals surface area (Å²) in [5, 5.41) is 17.8. The lowest BCUT2D eigenvalue weighted by Gasteiger charge is -2.34. The Kier molecular flexibility index (Phi) is 5.34. The van der Waals surface area contributed by atoms with Crippen LogP contribution in [0.5, 0.6) is 0 Å². The number of halogens is 4. The second-order valence-corrected chi connectivity index (χ2v) is 10.4. The highest BCUT2D eigenvalue weighted by atomic mass is 19.4. The Hall–Kier alpha value is -1.71. The Labute approximate surface area is 190 Å². The van der Waals surface area contributed by atoms with Crippen LogP contribution in [0.4, 0.5) is 17.6 Å². The Morgan fingerprint density at radius 3 is 2.76 bits per heavy atom. The smallest absolute Gasteiger partial charge is 0.388 e. The maximum Gasteiger partial charge on any atom is 0.416 e. The molecule has 4 aliphatic rings. The third kappa shape index (κ3) is 3.33. The number of aliphatic hydroxyl groups is 1. The summed E-state index contributed by atoms with van der Waals surface area (Å²) in [6, 6.07) is 2.67. The zero-order valence-electron chi connectivity index (χ0n) is 18.6. The molecule has 0 bridgehead atoms. The molecule has 1 amide bonds. The largest absolute Gasteiger partial charge is 0.416 e. The minimum absolute atomic E-state index is 0.0441. The van der Waals surface area contributed by atoms with Crippen LogP contribution in [0, 0.1) is 22.6 Å². The van der Waals surface area contributed by atoms with Crippen molar-refractivity contribution in [3.05, 3.63) is 35.1 Å². The number of rotatable bonds is 5. The monoisotopic (exact) mass is 470 g/mol. The van der Waals surface area contributed by atoms with Crippen molar-refractivity contribution in [2.75, 3.05) is 13.2 Å². The van der Waals surface area contributed by atoms with Crippen LogP contribution < -0.4 is 10.6 Å². The van der Waals surface area contributed by atoms with E-state index in [9.17, 15) is 27.5 Å². The summed E-state index contributed by atoms with van der Waals surface area (Å²) >= 11 is 0. The molecule has 1 aliphatic heterocycles. The number of nitrogens with one attached hydrogen (secondary N) is 2. The first-order valence-corrected chi connectivity index (χ1v) is 11.7. The van der Waals surface area contributed by atoms with Gasteiger partial charge in [0.2, 0.25) is 5.91 Å². The van der Waals surface area contributed by atoms with Gasteiger partial charge in [0.15, 0.2) is 0 Å². The molecule has 33 heavy (non-hydrogen) atoms. The third-order valence-corrected chi connectivity index (χ3v) is 8.76. The molecule has 3 aliphatic carbocycles. The Balaban J connectivity index is 1.31. The molecule has 1 saturated heterocycles. The third-order valence-electron chi connectivity index (χ3n) is 8.76. The first kappa shape index (κ1) is 23.1. The number of carbonyl (C=O) groups is 1. The molecule has 9 heteroatoms. The van der Waals surface area contributed by atoms with E-state index in [1.165, 1.54) is 0 Å². The molecule has 5 rings (SSSR count). The van der Waals surface area contributed by atoms with Crippen molar-refractivity contribution in [3.8, 4) is 0 Å². The number of benzene rings is 1. The van der Waals surface area contributed by atoms with E-state index < -0.39 is 34.0 Å². The Morgan fingerprint density at radius 2 is 2.03 bits per heavy atom. The number of fused-ring (bicyclic) bond motifs is 1. The van der Waals surface area contributed by atoms with Gasteiger partial charge in [-0.25, -0.2) is 4.39 Å². The molecule has 3 saturated carbocycles. The van der Waals surface area contributed by atoms with Crippen molar-refractivity contribution in [1.82, 2.24) is 10.6 Å². The number of alkyl halides is 3. The van der Waals surface area contributed by atoms with Gasteiger partial charge in [0.05, 0.1) is 23.2 Å². The van der Waals surface area contributed by atoms with Gasteiger partial charge < -0.3 is 20.5 Å². The van der Waals surface area contributed by atoms with Gasteiger partial charge in [0, 0.05) is 30.7 Å². The normalized spacial score (nSPS) is 39.8. The summed E-state index contributed by atoms with van der Waals surface area (Å²) in [6.45, 7) is 3.30. The molecule has 6 atom stereocenters. The summed E-state index contributed by atoms with van der Waals surface area (Å²) in [5.74, 6) is -0.982. The second-order valence-electron chi connectivity index (χ2n) is 10.4. The molecule has 1 spiro atoms. The van der Waals surface area contributed by atoms with Crippen LogP contribution in [0.2, 0.25) is 0 Å². The Morgan fingerprint density at radius 1 is 1.24 bits per heavy atom. The molecular formula is C24H30F4N2O3. The lowest BCUT2D eigenvalue weighted by molar-refractivity contribution is -0.137. The molecule has 0 aromatic heterocycles. The van der Waals surface area contributed by atoms with Gasteiger partial charge >= 0.3 is 6.18 Å². The first-order chi connectivity index (χ1) is 15.5. The maximum atomic E-state index is 13.8. The predicted molar refractivity (Wildman–Crippen MR) is 111 cm³/mol. The van der Waals surface area contributed by atoms with Crippen molar-refractivity contribution in [3.63, 3.8) is 0 Å². The van der Waals surface area contributed by atoms with Gasteiger partial charge in [0.25, 0.3) is 0 Å². The van der Waals surface area contributed by atoms with E-state index in [0.29, 0.717) is 50.5 Å². The lowest BCUT2D eigenvalue weighted by atomic mass is 9.88. The summed E-state index contributed by atoms with van der Waals surface area (Å²) < 4.78 is 58.3. The van der Waals surface area contributed by atoms with Crippen molar-refractivity contribution in [1.29, 1.82) is 0 Å². The van der Waals surface area contributed by atoms with Gasteiger partial charge in [-0.15, -0.1) is 0 Å². The first-order valence-electron chi connectivity index (χ1n) is 11.7. The van der Waals surface area contributed by atoms with E-state index in [1.807, 2.05) is 0 Å². The molecule has 4 unspecified atom stereocenters. The molecule has 3 N–H and O–H groups in total. The molecule has 1 heterocycles. The van der Waals surface area contributed by atoms with E-state index in [2.05, 4.69) is 17.6 Å². The van der Waals surface area contributed by atoms with Gasteiger partial charge in [0.1, 0.15) is 5.82 Å². The van der Waals surface area contributed by atoms with Crippen LogP contribution in [-0.2, 0) is 22.3 Å². The number of carbonyl (C=O) groups excluding carboxylic acids is 1. The quantitative estimate of drug-likeness (QED) is 0.576. The van der Waals surface area contributed by atoms with Crippen molar-refractivity contribution < 1.29 is 32.2 Å². The summed E-state index contributed by atoms with van der Waals surface area (Å²) in [7, 11) is 0. The van der Waals surface area contributed by atoms with Crippen molar-refractivity contribution >= 4 is 5.91 Å². The minimum Gasteiger partial charge on any atom is -0.388 e. The zero-order chi connectivity index (χ0) is 23.6. The van der Waals surface area contributed by atoms with Crippen LogP contribution in [0.25, 0.3) is 0 Å². The lowest BCUT2D eigenvalue weighted by Crippen LogP contribution is -2.48. The van der Waals surface area contributed by atoms with E-state index >= 15 is 0 Å². The highest BCUT2D eigenvalue weighted by molar-refractivity contribution is 5.91. The van der Waals surface area contributed by atoms with Gasteiger partial charge in [-0.2, -0.15) is 13.2 Å². The van der Waals surface area contributed by atoms with Gasteiger partial charge in [-0.1, -0.05) is 6.92 Å². The molecule has 1 aromatic carbocycles. The van der Waals surface area contributed by atoms with Crippen LogP contribution in [0.3, 0.4) is 0 Å². The fourth-order valence-electron chi connectivity index (χ4n) is 7.31. The number of amides is 1. The summed E-state index contributed by atoms with van der Waals surface area (Å²) in [4.78, 5) is 13.4. The van der Waals surface area contributed by atoms with Gasteiger partial charge in [-0.05, 0) is 68.2 Å². The van der Waals surface area contributed by atoms with Crippen LogP contribution in [0.15, 0.2) is 18.2 Å². The van der Waals surface area contributed by atoms with E-state index in [1.54, 1.807) is 0 Å². The fraction of sp³-hybridized carbons (Fsp3) is 0.708. The molecular weight excluding hydrogens is 440 g/mol. The maximum absolute atomic E-state index is 13.8. The van der Waals surface area contributed by atoms with Crippen LogP contribution in [-0.4, -0.2) is 41.9 Å². The van der Waals surface area contributed by atoms with Crippen LogP contribution >= 0.6 is 0 Å². The molecule has 0 radical (unpaired) electrons. The molecule has 4 fully saturated rings. The van der Waals surface area contributed by atoms with E-state index in [0.717, 1.165) is 31.4 Å². The SMILES string of the molecule is CC1COCCC1N[C@@H]1CC23CCCC2(O)[C@@]3(C(=O)NCc2cc(F)cc(C(F)(F)F)c2)C1. The van der Waals surface area contributed by atoms with Gasteiger partial charge in [-0.3, -0.25) is 4.79 Å². The van der Waals surface area contributed by atoms with E-state index in [-0.39, 0.29) is 24.1 Å². The highest BCUT2D eigenvalue weighted by Gasteiger charge is 2.93. The standard InChI is InChI=1S/C24H30F4N2O3/c1-14-13-33-6-3-19(14)30-18-10-21-4-2-5-23(21,32)22(21,11-18)20(31)29-12-15-7-16(24(26,27)28)9-17(25)8-15/h7-9,14,18-19,30,32H,2-6,10-13H2,1H3,(H,29,31)/t14?,18-,19?,21?,22-,23?/m1/s1. The zero-order valence-corrected chi connectivity index (χ0v) is 18.6. The average Bonchev–Trinajstić information content (AvgIpc) is 3.06. The van der Waals surface area contributed by atoms with E-state index in [4.69, 9.17) is 4.74 Å². The molecule has 1 aromatic rings. The summed E-state index contributed by atoms with van der Waals surface area (Å²) in [5.41, 5.74) is -3.54. The average molecular weight is 471 g/mol. The van der Waals surface area contributed by atoms with Crippen LogP contribution in [0.1, 0.15) is 56.6 Å².